The van der Waals surface area contributed by atoms with Gasteiger partial charge in [0, 0.05) is 31.5 Å². The normalized spacial score (nSPS) is 29.5. The minimum absolute atomic E-state index is 0.107. The number of nitrogens with one attached hydrogen (secondary N) is 2. The molecule has 0 aliphatic carbocycles. The molecule has 2 amide bonds. The first kappa shape index (κ1) is 9.59. The minimum Gasteiger partial charge on any atom is -0.364 e. The Morgan fingerprint density at radius 3 is 2.50 bits per heavy atom. The number of imide groups is 1. The van der Waals surface area contributed by atoms with E-state index in [1.54, 1.807) is 0 Å². The van der Waals surface area contributed by atoms with Crippen molar-refractivity contribution < 1.29 is 9.59 Å². The lowest BCUT2D eigenvalue weighted by molar-refractivity contribution is -0.126. The van der Waals surface area contributed by atoms with Crippen LogP contribution in [-0.4, -0.2) is 34.8 Å². The Morgan fingerprint density at radius 2 is 1.94 bits per heavy atom. The zero-order valence-corrected chi connectivity index (χ0v) is 8.77. The van der Waals surface area contributed by atoms with Crippen molar-refractivity contribution in [1.29, 1.82) is 0 Å². The summed E-state index contributed by atoms with van der Waals surface area (Å²) in [6.07, 6.45) is 1.88. The highest BCUT2D eigenvalue weighted by Gasteiger charge is 2.47. The summed E-state index contributed by atoms with van der Waals surface area (Å²) in [4.78, 5) is 28.2. The van der Waals surface area contributed by atoms with Gasteiger partial charge >= 0.3 is 0 Å². The van der Waals surface area contributed by atoms with E-state index < -0.39 is 0 Å². The molecule has 3 rings (SSSR count). The Labute approximate surface area is 92.8 Å². The number of carbonyl (C=O) groups is 2. The molecule has 0 spiro atoms. The summed E-state index contributed by atoms with van der Waals surface area (Å²) in [6, 6.07) is 3.96. The zero-order valence-electron chi connectivity index (χ0n) is 8.77. The van der Waals surface area contributed by atoms with Gasteiger partial charge < -0.3 is 4.98 Å². The van der Waals surface area contributed by atoms with Gasteiger partial charge in [0.2, 0.25) is 11.8 Å². The molecule has 0 unspecified atom stereocenters. The maximum absolute atomic E-state index is 11.4. The molecule has 84 valence electrons. The van der Waals surface area contributed by atoms with Crippen molar-refractivity contribution in [3.05, 3.63) is 24.0 Å². The van der Waals surface area contributed by atoms with Crippen LogP contribution >= 0.6 is 0 Å². The number of aromatic nitrogens is 1. The predicted molar refractivity (Wildman–Crippen MR) is 56.2 cm³/mol. The summed E-state index contributed by atoms with van der Waals surface area (Å²) in [5.74, 6) is -0.488. The van der Waals surface area contributed by atoms with Gasteiger partial charge in [0.15, 0.2) is 0 Å². The van der Waals surface area contributed by atoms with Crippen LogP contribution in [0, 0.1) is 11.8 Å². The van der Waals surface area contributed by atoms with Gasteiger partial charge in [-0.05, 0) is 12.1 Å². The molecule has 0 saturated carbocycles. The highest BCUT2D eigenvalue weighted by molar-refractivity contribution is 6.05. The van der Waals surface area contributed by atoms with E-state index in [0.29, 0.717) is 13.1 Å². The number of amides is 2. The van der Waals surface area contributed by atoms with E-state index in [9.17, 15) is 9.59 Å². The van der Waals surface area contributed by atoms with Crippen LogP contribution in [0.15, 0.2) is 18.3 Å². The van der Waals surface area contributed by atoms with Crippen molar-refractivity contribution in [2.45, 2.75) is 6.54 Å². The maximum Gasteiger partial charge on any atom is 0.231 e. The van der Waals surface area contributed by atoms with E-state index in [0.717, 1.165) is 12.2 Å². The number of carbonyl (C=O) groups excluding carboxylic acids is 2. The molecule has 1 aromatic heterocycles. The van der Waals surface area contributed by atoms with Crippen LogP contribution in [0.3, 0.4) is 0 Å². The monoisotopic (exact) mass is 219 g/mol. The van der Waals surface area contributed by atoms with Gasteiger partial charge in [0.05, 0.1) is 11.8 Å². The molecule has 2 aliphatic heterocycles. The van der Waals surface area contributed by atoms with Crippen molar-refractivity contribution in [1.82, 2.24) is 15.2 Å². The van der Waals surface area contributed by atoms with Gasteiger partial charge in [0.1, 0.15) is 0 Å². The topological polar surface area (TPSA) is 65.2 Å². The summed E-state index contributed by atoms with van der Waals surface area (Å²) in [6.45, 7) is 2.14. The fourth-order valence-corrected chi connectivity index (χ4v) is 2.56. The summed E-state index contributed by atoms with van der Waals surface area (Å²) in [7, 11) is 0. The highest BCUT2D eigenvalue weighted by Crippen LogP contribution is 2.28. The highest BCUT2D eigenvalue weighted by atomic mass is 16.2. The first-order valence-electron chi connectivity index (χ1n) is 5.43. The Balaban J connectivity index is 1.70. The first-order valence-corrected chi connectivity index (χ1v) is 5.43. The molecule has 5 heteroatoms. The van der Waals surface area contributed by atoms with Crippen LogP contribution in [0.2, 0.25) is 0 Å². The van der Waals surface area contributed by atoms with Gasteiger partial charge in [-0.2, -0.15) is 0 Å². The zero-order chi connectivity index (χ0) is 11.1. The van der Waals surface area contributed by atoms with Gasteiger partial charge in [0.25, 0.3) is 0 Å². The molecule has 0 aromatic carbocycles. The molecule has 2 aliphatic rings. The molecular weight excluding hydrogens is 206 g/mol. The number of likely N-dealkylation sites (tertiary alicyclic amines) is 1. The lowest BCUT2D eigenvalue weighted by Gasteiger charge is -2.15. The number of aromatic amines is 1. The quantitative estimate of drug-likeness (QED) is 0.672. The smallest absolute Gasteiger partial charge is 0.231 e. The molecule has 0 radical (unpaired) electrons. The van der Waals surface area contributed by atoms with E-state index in [4.69, 9.17) is 0 Å². The second-order valence-electron chi connectivity index (χ2n) is 4.46. The fourth-order valence-electron chi connectivity index (χ4n) is 2.56. The van der Waals surface area contributed by atoms with Gasteiger partial charge in [-0.15, -0.1) is 0 Å². The number of rotatable bonds is 2. The number of nitrogens with zero attached hydrogens (tertiary/aromatic N) is 1. The molecular formula is C11H13N3O2. The summed E-state index contributed by atoms with van der Waals surface area (Å²) in [5.41, 5.74) is 1.12. The van der Waals surface area contributed by atoms with Crippen LogP contribution in [-0.2, 0) is 16.1 Å². The molecule has 0 bridgehead atoms. The van der Waals surface area contributed by atoms with Crippen molar-refractivity contribution in [2.24, 2.45) is 11.8 Å². The molecule has 2 N–H and O–H groups in total. The van der Waals surface area contributed by atoms with E-state index in [-0.39, 0.29) is 23.7 Å². The van der Waals surface area contributed by atoms with E-state index in [1.165, 1.54) is 0 Å². The fraction of sp³-hybridized carbons (Fsp3) is 0.455. The minimum atomic E-state index is -0.137. The van der Waals surface area contributed by atoms with Gasteiger partial charge in [-0.3, -0.25) is 19.8 Å². The molecule has 1 aromatic rings. The summed E-state index contributed by atoms with van der Waals surface area (Å²) in [5, 5.41) is 2.39. The summed E-state index contributed by atoms with van der Waals surface area (Å²) >= 11 is 0. The van der Waals surface area contributed by atoms with Gasteiger partial charge in [-0.25, -0.2) is 0 Å². The number of hydrogen-bond acceptors (Lipinski definition) is 3. The van der Waals surface area contributed by atoms with Crippen LogP contribution in [0.5, 0.6) is 0 Å². The maximum atomic E-state index is 11.4. The SMILES string of the molecule is O=C1NC(=O)[C@@H]2CN(Cc3ccc[nH]3)C[C@H]12. The number of fused-ring (bicyclic) bond motifs is 1. The van der Waals surface area contributed by atoms with Crippen molar-refractivity contribution >= 4 is 11.8 Å². The Hall–Kier alpha value is -1.62. The van der Waals surface area contributed by atoms with Crippen LogP contribution < -0.4 is 5.32 Å². The van der Waals surface area contributed by atoms with Gasteiger partial charge in [-0.1, -0.05) is 0 Å². The Morgan fingerprint density at radius 1 is 1.25 bits per heavy atom. The lowest BCUT2D eigenvalue weighted by atomic mass is 10.00. The van der Waals surface area contributed by atoms with Crippen molar-refractivity contribution in [3.8, 4) is 0 Å². The number of hydrogen-bond donors (Lipinski definition) is 2. The molecule has 16 heavy (non-hydrogen) atoms. The third kappa shape index (κ3) is 1.44. The molecule has 3 heterocycles. The molecule has 2 saturated heterocycles. The molecule has 2 atom stereocenters. The standard InChI is InChI=1S/C11H13N3O2/c15-10-8-5-14(4-7-2-1-3-12-7)6-9(8)11(16)13-10/h1-3,8-9,12H,4-6H2,(H,13,15,16)/t8-,9+. The average Bonchev–Trinajstić information content (AvgIpc) is 2.90. The molecule has 2 fully saturated rings. The van der Waals surface area contributed by atoms with E-state index in [2.05, 4.69) is 15.2 Å². The van der Waals surface area contributed by atoms with E-state index >= 15 is 0 Å². The van der Waals surface area contributed by atoms with Crippen molar-refractivity contribution in [2.75, 3.05) is 13.1 Å². The molecule has 5 nitrogen and oxygen atoms in total. The third-order valence-electron chi connectivity index (χ3n) is 3.37. The Kier molecular flexibility index (Phi) is 2.07. The third-order valence-corrected chi connectivity index (χ3v) is 3.37. The second-order valence-corrected chi connectivity index (χ2v) is 4.46. The van der Waals surface area contributed by atoms with Crippen molar-refractivity contribution in [3.63, 3.8) is 0 Å². The predicted octanol–water partition coefficient (Wildman–Crippen LogP) is -0.281. The lowest BCUT2D eigenvalue weighted by Crippen LogP contribution is -2.31. The average molecular weight is 219 g/mol. The first-order chi connectivity index (χ1) is 7.74. The van der Waals surface area contributed by atoms with Crippen LogP contribution in [0.4, 0.5) is 0 Å². The van der Waals surface area contributed by atoms with Crippen LogP contribution in [0.1, 0.15) is 5.69 Å². The van der Waals surface area contributed by atoms with E-state index in [1.807, 2.05) is 18.3 Å². The second kappa shape index (κ2) is 3.45. The van der Waals surface area contributed by atoms with Crippen LogP contribution in [0.25, 0.3) is 0 Å². The number of H-pyrrole nitrogens is 1. The Bertz CT molecular complexity index is 404. The summed E-state index contributed by atoms with van der Waals surface area (Å²) < 4.78 is 0. The largest absolute Gasteiger partial charge is 0.364 e.